The van der Waals surface area contributed by atoms with E-state index in [1.807, 2.05) is 36.1 Å². The molecule has 49 heavy (non-hydrogen) atoms. The molecule has 2 aromatic heterocycles. The maximum atomic E-state index is 13.9. The average molecular weight is 686 g/mol. The van der Waals surface area contributed by atoms with E-state index < -0.39 is 23.5 Å². The number of aryl methyl sites for hydroxylation is 1. The van der Waals surface area contributed by atoms with Crippen molar-refractivity contribution in [3.63, 3.8) is 0 Å². The summed E-state index contributed by atoms with van der Waals surface area (Å²) in [5.41, 5.74) is -0.260. The minimum Gasteiger partial charge on any atom is -0.378 e. The van der Waals surface area contributed by atoms with Crippen LogP contribution < -0.4 is 14.7 Å². The Morgan fingerprint density at radius 3 is 2.06 bits per heavy atom. The molecule has 4 aromatic rings. The van der Waals surface area contributed by atoms with Gasteiger partial charge in [0.2, 0.25) is 11.9 Å². The molecule has 3 heterocycles. The van der Waals surface area contributed by atoms with Gasteiger partial charge in [0.05, 0.1) is 29.9 Å². The van der Waals surface area contributed by atoms with Gasteiger partial charge in [0.1, 0.15) is 12.1 Å². The molecule has 0 spiro atoms. The van der Waals surface area contributed by atoms with Gasteiger partial charge in [-0.05, 0) is 79.8 Å². The van der Waals surface area contributed by atoms with Crippen LogP contribution in [0.3, 0.4) is 0 Å². The maximum absolute atomic E-state index is 13.9. The SMILES string of the molecule is Cc1cccc2cc(CN(Cc3cc(C(F)(F)F)cc(C(F)(F)F)c3)c3ncnc(N4CCOCC4)n3)c(N(CC3CC3)CC3CC3)nc12. The molecule has 14 heteroatoms. The first-order valence-corrected chi connectivity index (χ1v) is 16.6. The highest BCUT2D eigenvalue weighted by Gasteiger charge is 2.37. The van der Waals surface area contributed by atoms with Crippen molar-refractivity contribution < 1.29 is 31.1 Å². The fourth-order valence-electron chi connectivity index (χ4n) is 6.32. The van der Waals surface area contributed by atoms with Crippen LogP contribution in [-0.2, 0) is 30.2 Å². The number of hydrogen-bond donors (Lipinski definition) is 0. The minimum absolute atomic E-state index is 0.0855. The van der Waals surface area contributed by atoms with Crippen LogP contribution in [0.25, 0.3) is 10.9 Å². The smallest absolute Gasteiger partial charge is 0.378 e. The van der Waals surface area contributed by atoms with Gasteiger partial charge in [-0.3, -0.25) is 0 Å². The molecule has 8 nitrogen and oxygen atoms in total. The third-order valence-corrected chi connectivity index (χ3v) is 9.26. The van der Waals surface area contributed by atoms with Gasteiger partial charge in [-0.2, -0.15) is 31.3 Å². The number of aromatic nitrogens is 4. The van der Waals surface area contributed by atoms with Crippen molar-refractivity contribution in [2.24, 2.45) is 11.8 Å². The predicted octanol–water partition coefficient (Wildman–Crippen LogP) is 7.44. The lowest BCUT2D eigenvalue weighted by Crippen LogP contribution is -2.38. The predicted molar refractivity (Wildman–Crippen MR) is 173 cm³/mol. The molecular formula is C35H37F6N7O. The number of fused-ring (bicyclic) bond motifs is 1. The Kier molecular flexibility index (Phi) is 9.01. The van der Waals surface area contributed by atoms with Crippen LogP contribution >= 0.6 is 0 Å². The normalized spacial score (nSPS) is 17.1. The van der Waals surface area contributed by atoms with Crippen LogP contribution in [0.1, 0.15) is 53.5 Å². The zero-order valence-electron chi connectivity index (χ0n) is 27.1. The Morgan fingerprint density at radius 1 is 0.796 bits per heavy atom. The van der Waals surface area contributed by atoms with Crippen LogP contribution in [0.2, 0.25) is 0 Å². The second kappa shape index (κ2) is 13.3. The van der Waals surface area contributed by atoms with Crippen LogP contribution in [0.15, 0.2) is 48.8 Å². The van der Waals surface area contributed by atoms with E-state index in [0.717, 1.165) is 78.8 Å². The van der Waals surface area contributed by atoms with Crippen molar-refractivity contribution in [1.82, 2.24) is 19.9 Å². The molecule has 3 fully saturated rings. The van der Waals surface area contributed by atoms with Gasteiger partial charge in [0.15, 0.2) is 0 Å². The number of benzene rings is 2. The molecule has 0 radical (unpaired) electrons. The van der Waals surface area contributed by atoms with Gasteiger partial charge in [-0.25, -0.2) is 15.0 Å². The number of halogens is 6. The Morgan fingerprint density at radius 2 is 1.45 bits per heavy atom. The van der Waals surface area contributed by atoms with Crippen LogP contribution in [0, 0.1) is 18.8 Å². The number of para-hydroxylation sites is 1. The lowest BCUT2D eigenvalue weighted by atomic mass is 10.0. The Balaban J connectivity index is 1.34. The van der Waals surface area contributed by atoms with E-state index in [0.29, 0.717) is 44.1 Å². The summed E-state index contributed by atoms with van der Waals surface area (Å²) in [4.78, 5) is 24.5. The monoisotopic (exact) mass is 685 g/mol. The van der Waals surface area contributed by atoms with Gasteiger partial charge in [-0.15, -0.1) is 0 Å². The summed E-state index contributed by atoms with van der Waals surface area (Å²) >= 11 is 0. The highest BCUT2D eigenvalue weighted by Crippen LogP contribution is 2.39. The summed E-state index contributed by atoms with van der Waals surface area (Å²) in [5.74, 6) is 2.38. The molecule has 2 aromatic carbocycles. The van der Waals surface area contributed by atoms with E-state index in [1.54, 1.807) is 4.90 Å². The fraction of sp³-hybridized carbons (Fsp3) is 0.486. The summed E-state index contributed by atoms with van der Waals surface area (Å²) in [5, 5.41) is 0.888. The Bertz CT molecular complexity index is 1760. The fourth-order valence-corrected chi connectivity index (χ4v) is 6.32. The number of ether oxygens (including phenoxy) is 1. The summed E-state index contributed by atoms with van der Waals surface area (Å²) in [6, 6.07) is 9.61. The lowest BCUT2D eigenvalue weighted by molar-refractivity contribution is -0.143. The van der Waals surface area contributed by atoms with Gasteiger partial charge in [-0.1, -0.05) is 18.2 Å². The van der Waals surface area contributed by atoms with Gasteiger partial charge >= 0.3 is 12.4 Å². The minimum atomic E-state index is -4.98. The van der Waals surface area contributed by atoms with Crippen LogP contribution in [-0.4, -0.2) is 59.3 Å². The molecule has 260 valence electrons. The topological polar surface area (TPSA) is 70.5 Å². The van der Waals surface area contributed by atoms with Crippen molar-refractivity contribution in [1.29, 1.82) is 0 Å². The Hall–Kier alpha value is -4.20. The lowest BCUT2D eigenvalue weighted by Gasteiger charge is -2.31. The standard InChI is InChI=1S/C35H37F6N7O/c1-22-3-2-4-26-15-27(31(44-30(22)26)47(17-23-5-6-23)18-24-7-8-24)20-48(33-43-21-42-32(45-33)46-9-11-49-12-10-46)19-25-13-28(34(36,37)38)16-29(14-25)35(39,40)41/h2-4,13-16,21,23-24H,5-12,17-20H2,1H3. The molecule has 2 saturated carbocycles. The maximum Gasteiger partial charge on any atom is 0.416 e. The largest absolute Gasteiger partial charge is 0.416 e. The second-order valence-corrected chi connectivity index (χ2v) is 13.4. The van der Waals surface area contributed by atoms with Crippen molar-refractivity contribution in [2.45, 2.75) is 58.0 Å². The highest BCUT2D eigenvalue weighted by molar-refractivity contribution is 5.84. The van der Waals surface area contributed by atoms with E-state index >= 15 is 0 Å². The van der Waals surface area contributed by atoms with Crippen molar-refractivity contribution in [3.8, 4) is 0 Å². The van der Waals surface area contributed by atoms with Gasteiger partial charge < -0.3 is 19.4 Å². The summed E-state index contributed by atoms with van der Waals surface area (Å²) in [6.07, 6.45) is -4.07. The van der Waals surface area contributed by atoms with E-state index in [4.69, 9.17) is 14.7 Å². The summed E-state index contributed by atoms with van der Waals surface area (Å²) in [7, 11) is 0. The first-order valence-electron chi connectivity index (χ1n) is 16.6. The van der Waals surface area contributed by atoms with Crippen molar-refractivity contribution in [3.05, 3.63) is 76.6 Å². The molecule has 0 amide bonds. The van der Waals surface area contributed by atoms with Gasteiger partial charge in [0, 0.05) is 50.2 Å². The van der Waals surface area contributed by atoms with Crippen molar-refractivity contribution >= 4 is 28.6 Å². The Labute approximate surface area is 280 Å². The molecule has 0 bridgehead atoms. The molecule has 0 unspecified atom stereocenters. The zero-order chi connectivity index (χ0) is 34.3. The van der Waals surface area contributed by atoms with Crippen LogP contribution in [0.5, 0.6) is 0 Å². The van der Waals surface area contributed by atoms with Crippen LogP contribution in [0.4, 0.5) is 44.1 Å². The first-order chi connectivity index (χ1) is 23.4. The quantitative estimate of drug-likeness (QED) is 0.151. The first kappa shape index (κ1) is 33.3. The zero-order valence-corrected chi connectivity index (χ0v) is 27.1. The molecule has 0 atom stereocenters. The number of morpholine rings is 1. The highest BCUT2D eigenvalue weighted by atomic mass is 19.4. The van der Waals surface area contributed by atoms with Crippen molar-refractivity contribution in [2.75, 3.05) is 54.1 Å². The van der Waals surface area contributed by atoms with E-state index in [2.05, 4.69) is 14.9 Å². The molecular weight excluding hydrogens is 648 g/mol. The second-order valence-electron chi connectivity index (χ2n) is 13.4. The number of alkyl halides is 6. The molecule has 1 aliphatic heterocycles. The van der Waals surface area contributed by atoms with Gasteiger partial charge in [0.25, 0.3) is 0 Å². The number of nitrogens with zero attached hydrogens (tertiary/aromatic N) is 7. The van der Waals surface area contributed by atoms with E-state index in [9.17, 15) is 26.3 Å². The third kappa shape index (κ3) is 8.00. The molecule has 1 saturated heterocycles. The third-order valence-electron chi connectivity index (χ3n) is 9.26. The number of anilines is 3. The van der Waals surface area contributed by atoms with E-state index in [1.165, 1.54) is 6.33 Å². The molecule has 0 N–H and O–H groups in total. The number of rotatable bonds is 11. The van der Waals surface area contributed by atoms with E-state index in [-0.39, 0.29) is 30.7 Å². The number of pyridine rings is 1. The number of hydrogen-bond acceptors (Lipinski definition) is 8. The summed E-state index contributed by atoms with van der Waals surface area (Å²) < 4.78 is 88.9. The molecule has 7 rings (SSSR count). The summed E-state index contributed by atoms with van der Waals surface area (Å²) in [6.45, 7) is 5.44. The molecule has 2 aliphatic carbocycles. The molecule has 3 aliphatic rings. The average Bonchev–Trinajstić information content (AvgIpc) is 4.02.